The van der Waals surface area contributed by atoms with Gasteiger partial charge < -0.3 is 4.74 Å². The van der Waals surface area contributed by atoms with E-state index < -0.39 is 0 Å². The van der Waals surface area contributed by atoms with E-state index in [0.29, 0.717) is 12.6 Å². The van der Waals surface area contributed by atoms with Gasteiger partial charge in [0, 0.05) is 32.2 Å². The second kappa shape index (κ2) is 6.97. The fraction of sp³-hybridized carbons (Fsp3) is 0.923. The summed E-state index contributed by atoms with van der Waals surface area (Å²) in [6.45, 7) is 13.9. The lowest BCUT2D eigenvalue weighted by molar-refractivity contribution is -0.148. The molecule has 2 atom stereocenters. The van der Waals surface area contributed by atoms with E-state index in [2.05, 4.69) is 23.6 Å². The lowest BCUT2D eigenvalue weighted by Crippen LogP contribution is -2.52. The molecule has 0 bridgehead atoms. The Kier molecular flexibility index (Phi) is 5.92. The van der Waals surface area contributed by atoms with Crippen molar-refractivity contribution < 1.29 is 9.53 Å². The molecule has 4 heteroatoms. The van der Waals surface area contributed by atoms with Crippen LogP contribution in [0.15, 0.2) is 0 Å². The number of esters is 1. The highest BCUT2D eigenvalue weighted by Crippen LogP contribution is 2.11. The van der Waals surface area contributed by atoms with Crippen LogP contribution in [0.4, 0.5) is 0 Å². The first-order valence-electron chi connectivity index (χ1n) is 6.71. The van der Waals surface area contributed by atoms with Gasteiger partial charge in [-0.3, -0.25) is 14.6 Å². The minimum Gasteiger partial charge on any atom is -0.466 e. The SMILES string of the molecule is CCOC(=O)C(C)CN1CCN(CC)C(C)C1. The summed E-state index contributed by atoms with van der Waals surface area (Å²) in [6.07, 6.45) is 0. The van der Waals surface area contributed by atoms with E-state index in [1.165, 1.54) is 0 Å². The summed E-state index contributed by atoms with van der Waals surface area (Å²) in [5, 5.41) is 0. The lowest BCUT2D eigenvalue weighted by Gasteiger charge is -2.40. The van der Waals surface area contributed by atoms with Crippen LogP contribution in [0.1, 0.15) is 27.7 Å². The predicted molar refractivity (Wildman–Crippen MR) is 68.9 cm³/mol. The molecule has 1 rings (SSSR count). The highest BCUT2D eigenvalue weighted by Gasteiger charge is 2.25. The van der Waals surface area contributed by atoms with Gasteiger partial charge >= 0.3 is 5.97 Å². The van der Waals surface area contributed by atoms with Crippen LogP contribution in [0.25, 0.3) is 0 Å². The van der Waals surface area contributed by atoms with Crippen LogP contribution in [0.2, 0.25) is 0 Å². The molecule has 4 nitrogen and oxygen atoms in total. The van der Waals surface area contributed by atoms with Crippen molar-refractivity contribution in [3.8, 4) is 0 Å². The van der Waals surface area contributed by atoms with Gasteiger partial charge in [0.2, 0.25) is 0 Å². The molecule has 1 saturated heterocycles. The van der Waals surface area contributed by atoms with Crippen molar-refractivity contribution in [3.05, 3.63) is 0 Å². The molecule has 0 amide bonds. The Morgan fingerprint density at radius 2 is 2.12 bits per heavy atom. The van der Waals surface area contributed by atoms with Gasteiger partial charge in [-0.1, -0.05) is 13.8 Å². The molecule has 0 aliphatic carbocycles. The summed E-state index contributed by atoms with van der Waals surface area (Å²) in [6, 6.07) is 0.586. The van der Waals surface area contributed by atoms with Crippen LogP contribution >= 0.6 is 0 Å². The summed E-state index contributed by atoms with van der Waals surface area (Å²) in [7, 11) is 0. The first-order chi connectivity index (χ1) is 8.08. The Bertz CT molecular complexity index is 246. The van der Waals surface area contributed by atoms with E-state index in [9.17, 15) is 4.79 Å². The van der Waals surface area contributed by atoms with Crippen LogP contribution in [0.5, 0.6) is 0 Å². The van der Waals surface area contributed by atoms with Gasteiger partial charge in [-0.15, -0.1) is 0 Å². The molecule has 100 valence electrons. The van der Waals surface area contributed by atoms with E-state index in [4.69, 9.17) is 4.74 Å². The zero-order chi connectivity index (χ0) is 12.8. The third-order valence-electron chi connectivity index (χ3n) is 3.48. The third-order valence-corrected chi connectivity index (χ3v) is 3.48. The smallest absolute Gasteiger partial charge is 0.309 e. The van der Waals surface area contributed by atoms with Crippen molar-refractivity contribution in [2.45, 2.75) is 33.7 Å². The molecule has 0 saturated carbocycles. The molecule has 1 aliphatic rings. The van der Waals surface area contributed by atoms with E-state index in [1.807, 2.05) is 13.8 Å². The van der Waals surface area contributed by atoms with Crippen LogP contribution in [-0.4, -0.2) is 61.1 Å². The van der Waals surface area contributed by atoms with Crippen LogP contribution in [-0.2, 0) is 9.53 Å². The summed E-state index contributed by atoms with van der Waals surface area (Å²) in [4.78, 5) is 16.4. The van der Waals surface area contributed by atoms with Gasteiger partial charge in [0.25, 0.3) is 0 Å². The Morgan fingerprint density at radius 3 is 2.65 bits per heavy atom. The van der Waals surface area contributed by atoms with Crippen molar-refractivity contribution in [2.24, 2.45) is 5.92 Å². The molecule has 17 heavy (non-hydrogen) atoms. The largest absolute Gasteiger partial charge is 0.466 e. The number of nitrogens with zero attached hydrogens (tertiary/aromatic N) is 2. The van der Waals surface area contributed by atoms with Crippen molar-refractivity contribution in [1.29, 1.82) is 0 Å². The third kappa shape index (κ3) is 4.28. The normalized spacial score (nSPS) is 24.6. The molecule has 0 radical (unpaired) electrons. The molecule has 1 aliphatic heterocycles. The first-order valence-corrected chi connectivity index (χ1v) is 6.71. The van der Waals surface area contributed by atoms with Crippen LogP contribution in [0.3, 0.4) is 0 Å². The maximum atomic E-state index is 11.6. The number of carbonyl (C=O) groups excluding carboxylic acids is 1. The number of ether oxygens (including phenoxy) is 1. The number of hydrogen-bond donors (Lipinski definition) is 0. The number of hydrogen-bond acceptors (Lipinski definition) is 4. The Morgan fingerprint density at radius 1 is 1.41 bits per heavy atom. The van der Waals surface area contributed by atoms with Crippen LogP contribution in [0, 0.1) is 5.92 Å². The number of rotatable bonds is 5. The maximum Gasteiger partial charge on any atom is 0.309 e. The van der Waals surface area contributed by atoms with Crippen molar-refractivity contribution in [2.75, 3.05) is 39.3 Å². The van der Waals surface area contributed by atoms with E-state index in [-0.39, 0.29) is 11.9 Å². The molecule has 0 N–H and O–H groups in total. The first kappa shape index (κ1) is 14.5. The molecular weight excluding hydrogens is 216 g/mol. The van der Waals surface area contributed by atoms with E-state index >= 15 is 0 Å². The quantitative estimate of drug-likeness (QED) is 0.679. The van der Waals surface area contributed by atoms with Crippen molar-refractivity contribution in [3.63, 3.8) is 0 Å². The highest BCUT2D eigenvalue weighted by molar-refractivity contribution is 5.72. The standard InChI is InChI=1S/C13H26N2O2/c1-5-15-8-7-14(10-12(15)4)9-11(3)13(16)17-6-2/h11-12H,5-10H2,1-4H3. The van der Waals surface area contributed by atoms with Gasteiger partial charge in [-0.25, -0.2) is 0 Å². The summed E-state index contributed by atoms with van der Waals surface area (Å²) in [5.74, 6) is -0.0894. The van der Waals surface area contributed by atoms with Crippen LogP contribution < -0.4 is 0 Å². The Labute approximate surface area is 105 Å². The Hall–Kier alpha value is -0.610. The molecule has 0 aromatic carbocycles. The van der Waals surface area contributed by atoms with E-state index in [0.717, 1.165) is 32.7 Å². The zero-order valence-corrected chi connectivity index (χ0v) is 11.6. The van der Waals surface area contributed by atoms with Gasteiger partial charge in [0.15, 0.2) is 0 Å². The second-order valence-electron chi connectivity index (χ2n) is 4.89. The average Bonchev–Trinajstić information content (AvgIpc) is 2.29. The summed E-state index contributed by atoms with van der Waals surface area (Å²) < 4.78 is 5.04. The second-order valence-corrected chi connectivity index (χ2v) is 4.89. The van der Waals surface area contributed by atoms with Crippen molar-refractivity contribution in [1.82, 2.24) is 9.80 Å². The van der Waals surface area contributed by atoms with Gasteiger partial charge in [-0.2, -0.15) is 0 Å². The van der Waals surface area contributed by atoms with Gasteiger partial charge in [0.05, 0.1) is 12.5 Å². The Balaban J connectivity index is 2.35. The molecule has 1 heterocycles. The molecular formula is C13H26N2O2. The number of carbonyl (C=O) groups is 1. The summed E-state index contributed by atoms with van der Waals surface area (Å²) in [5.41, 5.74) is 0. The zero-order valence-electron chi connectivity index (χ0n) is 11.6. The van der Waals surface area contributed by atoms with E-state index in [1.54, 1.807) is 0 Å². The fourth-order valence-electron chi connectivity index (χ4n) is 2.45. The molecule has 0 aromatic heterocycles. The topological polar surface area (TPSA) is 32.8 Å². The number of piperazine rings is 1. The fourth-order valence-corrected chi connectivity index (χ4v) is 2.45. The maximum absolute atomic E-state index is 11.6. The minimum absolute atomic E-state index is 0.0182. The molecule has 2 unspecified atom stereocenters. The minimum atomic E-state index is -0.0712. The predicted octanol–water partition coefficient (Wildman–Crippen LogP) is 1.21. The molecule has 0 spiro atoms. The van der Waals surface area contributed by atoms with Crippen molar-refractivity contribution >= 4 is 5.97 Å². The average molecular weight is 242 g/mol. The summed E-state index contributed by atoms with van der Waals surface area (Å²) >= 11 is 0. The highest BCUT2D eigenvalue weighted by atomic mass is 16.5. The monoisotopic (exact) mass is 242 g/mol. The van der Waals surface area contributed by atoms with Gasteiger partial charge in [-0.05, 0) is 20.4 Å². The molecule has 1 fully saturated rings. The van der Waals surface area contributed by atoms with Gasteiger partial charge in [0.1, 0.15) is 0 Å². The number of likely N-dealkylation sites (N-methyl/N-ethyl adjacent to an activating group) is 1. The lowest BCUT2D eigenvalue weighted by atomic mass is 10.1. The molecule has 0 aromatic rings.